The van der Waals surface area contributed by atoms with Crippen LogP contribution < -0.4 is 21.5 Å². The van der Waals surface area contributed by atoms with E-state index in [2.05, 4.69) is 48.4 Å². The van der Waals surface area contributed by atoms with Gasteiger partial charge in [0.15, 0.2) is 0 Å². The molecule has 6 N–H and O–H groups in total. The van der Waals surface area contributed by atoms with E-state index in [0.717, 1.165) is 39.0 Å². The van der Waals surface area contributed by atoms with E-state index in [1.165, 1.54) is 12.1 Å². The summed E-state index contributed by atoms with van der Waals surface area (Å²) in [5.74, 6) is -0.122. The first-order valence-electron chi connectivity index (χ1n) is 16.9. The van der Waals surface area contributed by atoms with E-state index in [9.17, 15) is 24.6 Å². The van der Waals surface area contributed by atoms with Crippen molar-refractivity contribution in [2.24, 2.45) is 0 Å². The number of aromatic hydroxyl groups is 1. The number of ether oxygens (including phenoxy) is 1. The molecule has 1 saturated heterocycles. The summed E-state index contributed by atoms with van der Waals surface area (Å²) in [6.45, 7) is 2.84. The quantitative estimate of drug-likeness (QED) is 0.0796. The van der Waals surface area contributed by atoms with E-state index in [1.54, 1.807) is 12.1 Å². The van der Waals surface area contributed by atoms with Gasteiger partial charge in [-0.15, -0.1) is 0 Å². The zero-order chi connectivity index (χ0) is 35.7. The van der Waals surface area contributed by atoms with Crippen molar-refractivity contribution in [2.75, 3.05) is 36.8 Å². The van der Waals surface area contributed by atoms with Gasteiger partial charge in [-0.3, -0.25) is 14.9 Å². The van der Waals surface area contributed by atoms with Crippen LogP contribution in [0.25, 0.3) is 22.0 Å². The number of H-pyrrole nitrogens is 1. The Morgan fingerprint density at radius 1 is 0.922 bits per heavy atom. The molecule has 0 radical (unpaired) electrons. The predicted octanol–water partition coefficient (Wildman–Crippen LogP) is 6.37. The number of anilines is 2. The molecule has 11 nitrogen and oxygen atoms in total. The fourth-order valence-electron chi connectivity index (χ4n) is 6.26. The van der Waals surface area contributed by atoms with Gasteiger partial charge in [-0.05, 0) is 82.5 Å². The third kappa shape index (κ3) is 9.52. The molecule has 0 unspecified atom stereocenters. The van der Waals surface area contributed by atoms with E-state index in [4.69, 9.17) is 4.74 Å². The number of halogens is 1. The number of hydrogen-bond donors (Lipinski definition) is 6. The maximum Gasteiger partial charge on any atom is 0.411 e. The van der Waals surface area contributed by atoms with Crippen molar-refractivity contribution in [1.82, 2.24) is 15.2 Å². The van der Waals surface area contributed by atoms with Crippen LogP contribution in [-0.4, -0.2) is 64.4 Å². The number of aromatic amines is 1. The summed E-state index contributed by atoms with van der Waals surface area (Å²) in [5.41, 5.74) is 4.94. The number of aromatic nitrogens is 1. The van der Waals surface area contributed by atoms with Crippen LogP contribution in [0.2, 0.25) is 0 Å². The number of nitrogens with zero attached hydrogens (tertiary/aromatic N) is 1. The average molecular weight is 802 g/mol. The van der Waals surface area contributed by atoms with Gasteiger partial charge in [0.25, 0.3) is 0 Å². The number of carbonyl (C=O) groups is 2. The molecule has 1 atom stereocenters. The lowest BCUT2D eigenvalue weighted by Crippen LogP contribution is -2.39. The molecule has 0 aliphatic carbocycles. The van der Waals surface area contributed by atoms with E-state index in [0.29, 0.717) is 54.5 Å². The van der Waals surface area contributed by atoms with Crippen molar-refractivity contribution >= 4 is 56.9 Å². The molecule has 1 aliphatic heterocycles. The number of carbonyl (C=O) groups excluding carboxylic acids is 2. The summed E-state index contributed by atoms with van der Waals surface area (Å²) in [4.78, 5) is 42.1. The molecular formula is C39H40IN5O6. The first-order valence-corrected chi connectivity index (χ1v) is 18.0. The number of rotatable bonds is 12. The van der Waals surface area contributed by atoms with E-state index in [1.807, 2.05) is 72.8 Å². The molecule has 0 spiro atoms. The Bertz CT molecular complexity index is 2050. The largest absolute Gasteiger partial charge is 0.506 e. The van der Waals surface area contributed by atoms with Gasteiger partial charge in [-0.25, -0.2) is 4.79 Å². The maximum atomic E-state index is 12.8. The van der Waals surface area contributed by atoms with Gasteiger partial charge >= 0.3 is 6.09 Å². The summed E-state index contributed by atoms with van der Waals surface area (Å²) in [5, 5.41) is 30.7. The van der Waals surface area contributed by atoms with Crippen LogP contribution in [0.5, 0.6) is 5.75 Å². The molecule has 0 bridgehead atoms. The van der Waals surface area contributed by atoms with Crippen molar-refractivity contribution < 1.29 is 24.5 Å². The Hall–Kier alpha value is -4.76. The number of phenolic OH excluding ortho intramolecular Hbond substituents is 1. The number of piperidine rings is 1. The number of hydrogen-bond acceptors (Lipinski definition) is 8. The second-order valence-electron chi connectivity index (χ2n) is 12.5. The summed E-state index contributed by atoms with van der Waals surface area (Å²) in [6.07, 6.45) is 0.240. The van der Waals surface area contributed by atoms with Crippen LogP contribution in [0.4, 0.5) is 16.2 Å². The molecule has 2 heterocycles. The van der Waals surface area contributed by atoms with Gasteiger partial charge in [-0.1, -0.05) is 60.7 Å². The van der Waals surface area contributed by atoms with Crippen LogP contribution >= 0.6 is 22.6 Å². The summed E-state index contributed by atoms with van der Waals surface area (Å²) in [7, 11) is 0. The maximum absolute atomic E-state index is 12.8. The molecule has 12 heteroatoms. The fourth-order valence-corrected chi connectivity index (χ4v) is 6.97. The number of nitrogens with one attached hydrogen (secondary N) is 4. The third-order valence-electron chi connectivity index (χ3n) is 8.95. The van der Waals surface area contributed by atoms with Crippen LogP contribution in [0.15, 0.2) is 102 Å². The van der Waals surface area contributed by atoms with Crippen LogP contribution in [-0.2, 0) is 16.1 Å². The topological polar surface area (TPSA) is 156 Å². The highest BCUT2D eigenvalue weighted by molar-refractivity contribution is 14.1. The van der Waals surface area contributed by atoms with Gasteiger partial charge in [0.2, 0.25) is 11.5 Å². The number of benzene rings is 4. The smallest absolute Gasteiger partial charge is 0.411 e. The Morgan fingerprint density at radius 3 is 2.47 bits per heavy atom. The number of phenols is 1. The minimum atomic E-state index is -0.859. The molecule has 2 amide bonds. The molecule has 1 aromatic heterocycles. The van der Waals surface area contributed by atoms with E-state index >= 15 is 0 Å². The van der Waals surface area contributed by atoms with Crippen molar-refractivity contribution in [1.29, 1.82) is 0 Å². The first-order chi connectivity index (χ1) is 24.7. The lowest BCUT2D eigenvalue weighted by molar-refractivity contribution is -0.116. The van der Waals surface area contributed by atoms with E-state index < -0.39 is 12.2 Å². The highest BCUT2D eigenvalue weighted by Crippen LogP contribution is 2.30. The normalized spacial score (nSPS) is 14.2. The van der Waals surface area contributed by atoms with Gasteiger partial charge in [0.1, 0.15) is 11.9 Å². The molecule has 6 rings (SSSR count). The molecule has 4 aromatic carbocycles. The monoisotopic (exact) mass is 801 g/mol. The number of aliphatic hydroxyl groups excluding tert-OH is 1. The van der Waals surface area contributed by atoms with Crippen LogP contribution in [0, 0.1) is 3.57 Å². The molecule has 1 fully saturated rings. The van der Waals surface area contributed by atoms with E-state index in [-0.39, 0.29) is 29.9 Å². The number of likely N-dealkylation sites (tertiary alicyclic amines) is 1. The Morgan fingerprint density at radius 2 is 1.69 bits per heavy atom. The average Bonchev–Trinajstić information content (AvgIpc) is 3.13. The lowest BCUT2D eigenvalue weighted by atomic mass is 10.0. The summed E-state index contributed by atoms with van der Waals surface area (Å²) in [6, 6.07) is 29.4. The summed E-state index contributed by atoms with van der Waals surface area (Å²) < 4.78 is 6.65. The minimum Gasteiger partial charge on any atom is -0.506 e. The molecule has 51 heavy (non-hydrogen) atoms. The lowest BCUT2D eigenvalue weighted by Gasteiger charge is -2.31. The molecule has 5 aromatic rings. The molecule has 1 aliphatic rings. The molecule has 0 saturated carbocycles. The Labute approximate surface area is 309 Å². The number of para-hydroxylation sites is 1. The highest BCUT2D eigenvalue weighted by atomic mass is 127. The fraction of sp³-hybridized carbons (Fsp3) is 0.256. The SMILES string of the molecule is O=C(CCN1CCC(OC(=O)Nc2ccccc2-c2ccccc2)CC1)Nc1ccc(CNC[C@H](O)c2ccc(O)c3[nH]c(=O)ccc23)cc1I. The highest BCUT2D eigenvalue weighted by Gasteiger charge is 2.23. The third-order valence-corrected chi connectivity index (χ3v) is 9.84. The second kappa shape index (κ2) is 17.0. The standard InChI is InChI=1S/C39H40IN5O6/c40-31-22-25(23-41-24-35(47)29-11-14-34(46)38-30(29)12-15-36(48)44-38)10-13-33(31)42-37(49)18-21-45-19-16-27(17-20-45)51-39(50)43-32-9-5-4-8-28(32)26-6-2-1-3-7-26/h1-15,22,27,35,41,46-47H,16-21,23-24H2,(H,42,49)(H,43,50)(H,44,48)/t35-/m0/s1. The van der Waals surface area contributed by atoms with Gasteiger partial charge in [0.05, 0.1) is 23.0 Å². The van der Waals surface area contributed by atoms with Crippen molar-refractivity contribution in [3.05, 3.63) is 122 Å². The van der Waals surface area contributed by atoms with Crippen molar-refractivity contribution in [3.63, 3.8) is 0 Å². The number of amides is 2. The number of fused-ring (bicyclic) bond motifs is 1. The Kier molecular flexibility index (Phi) is 12.0. The van der Waals surface area contributed by atoms with Crippen molar-refractivity contribution in [3.8, 4) is 16.9 Å². The minimum absolute atomic E-state index is 0.0521. The van der Waals surface area contributed by atoms with Crippen LogP contribution in [0.1, 0.15) is 36.5 Å². The van der Waals surface area contributed by atoms with Gasteiger partial charge in [-0.2, -0.15) is 0 Å². The molecular weight excluding hydrogens is 761 g/mol. The van der Waals surface area contributed by atoms with Gasteiger partial charge < -0.3 is 35.5 Å². The zero-order valence-corrected chi connectivity index (χ0v) is 30.1. The molecule has 264 valence electrons. The summed E-state index contributed by atoms with van der Waals surface area (Å²) >= 11 is 2.20. The zero-order valence-electron chi connectivity index (χ0n) is 27.9. The number of pyridine rings is 1. The van der Waals surface area contributed by atoms with Crippen molar-refractivity contribution in [2.45, 2.75) is 38.0 Å². The second-order valence-corrected chi connectivity index (χ2v) is 13.7. The number of aliphatic hydroxyl groups is 1. The van der Waals surface area contributed by atoms with Crippen LogP contribution in [0.3, 0.4) is 0 Å². The Balaban J connectivity index is 0.906. The predicted molar refractivity (Wildman–Crippen MR) is 207 cm³/mol. The van der Waals surface area contributed by atoms with Gasteiger partial charge in [0, 0.05) is 59.7 Å². The first kappa shape index (κ1) is 36.0.